The number of nitrogens with two attached hydrogens (primary N) is 1. The molecular weight excluding hydrogens is 248 g/mol. The Morgan fingerprint density at radius 3 is 2.79 bits per heavy atom. The van der Waals surface area contributed by atoms with Gasteiger partial charge in [-0.3, -0.25) is 5.32 Å². The molecule has 14 heavy (non-hydrogen) atoms. The van der Waals surface area contributed by atoms with Crippen LogP contribution in [0, 0.1) is 0 Å². The van der Waals surface area contributed by atoms with Gasteiger partial charge in [0.15, 0.2) is 0 Å². The summed E-state index contributed by atoms with van der Waals surface area (Å²) in [4.78, 5) is 16.7. The number of carbonyl (C=O) groups excluding carboxylic acids is 1. The van der Waals surface area contributed by atoms with Gasteiger partial charge in [0.05, 0.1) is 16.4 Å². The van der Waals surface area contributed by atoms with Crippen LogP contribution in [0.15, 0.2) is 16.7 Å². The van der Waals surface area contributed by atoms with Gasteiger partial charge < -0.3 is 10.6 Å². The van der Waals surface area contributed by atoms with Crippen molar-refractivity contribution in [3.8, 4) is 0 Å². The van der Waals surface area contributed by atoms with Crippen LogP contribution in [0.5, 0.6) is 0 Å². The van der Waals surface area contributed by atoms with Crippen molar-refractivity contribution < 1.29 is 4.79 Å². The summed E-state index contributed by atoms with van der Waals surface area (Å²) in [5.74, 6) is 0.456. The maximum atomic E-state index is 11.3. The molecule has 0 radical (unpaired) electrons. The second-order valence-corrected chi connectivity index (χ2v) is 3.78. The highest BCUT2D eigenvalue weighted by Crippen LogP contribution is 2.21. The number of nitrogen functional groups attached to an aromatic ring is 1. The summed E-state index contributed by atoms with van der Waals surface area (Å²) >= 11 is 3.25. The minimum Gasteiger partial charge on any atom is -0.397 e. The van der Waals surface area contributed by atoms with Crippen LogP contribution < -0.4 is 11.1 Å². The number of pyridine rings is 1. The summed E-state index contributed by atoms with van der Waals surface area (Å²) in [5, 5.41) is 2.61. The first kappa shape index (κ1) is 10.8. The summed E-state index contributed by atoms with van der Waals surface area (Å²) in [5.41, 5.74) is 6.04. The number of halogens is 1. The number of rotatable bonds is 1. The van der Waals surface area contributed by atoms with Crippen LogP contribution in [0.1, 0.15) is 0 Å². The summed E-state index contributed by atoms with van der Waals surface area (Å²) in [6.45, 7) is 0. The van der Waals surface area contributed by atoms with Gasteiger partial charge in [-0.15, -0.1) is 0 Å². The molecule has 0 aromatic carbocycles. The predicted octanol–water partition coefficient (Wildman–Crippen LogP) is 1.52. The van der Waals surface area contributed by atoms with E-state index in [2.05, 4.69) is 26.2 Å². The van der Waals surface area contributed by atoms with Crippen molar-refractivity contribution in [2.45, 2.75) is 0 Å². The predicted molar refractivity (Wildman–Crippen MR) is 59.1 cm³/mol. The molecule has 0 fully saturated rings. The lowest BCUT2D eigenvalue weighted by Crippen LogP contribution is -2.27. The first-order valence-electron chi connectivity index (χ1n) is 3.90. The smallest absolute Gasteiger partial charge is 0.322 e. The zero-order chi connectivity index (χ0) is 10.7. The quantitative estimate of drug-likeness (QED) is 0.803. The molecule has 1 aromatic rings. The van der Waals surface area contributed by atoms with Gasteiger partial charge in [0.25, 0.3) is 0 Å². The molecule has 2 amide bonds. The number of amides is 2. The summed E-state index contributed by atoms with van der Waals surface area (Å²) in [7, 11) is 3.31. The standard InChI is InChI=1S/C8H11BrN4O/c1-13(2)8(14)12-7-6(9)3-5(10)4-11-7/h3-4H,10H2,1-2H3,(H,11,12,14). The van der Waals surface area contributed by atoms with Crippen molar-refractivity contribution in [1.29, 1.82) is 0 Å². The summed E-state index contributed by atoms with van der Waals surface area (Å²) in [6.07, 6.45) is 1.48. The van der Waals surface area contributed by atoms with E-state index in [1.165, 1.54) is 11.1 Å². The van der Waals surface area contributed by atoms with Gasteiger partial charge in [-0.1, -0.05) is 0 Å². The normalized spacial score (nSPS) is 9.64. The van der Waals surface area contributed by atoms with E-state index in [1.54, 1.807) is 20.2 Å². The van der Waals surface area contributed by atoms with Crippen molar-refractivity contribution in [3.05, 3.63) is 16.7 Å². The molecule has 76 valence electrons. The van der Waals surface area contributed by atoms with Gasteiger partial charge in [0, 0.05) is 14.1 Å². The lowest BCUT2D eigenvalue weighted by molar-refractivity contribution is 0.230. The average Bonchev–Trinajstić information content (AvgIpc) is 2.09. The number of nitrogens with one attached hydrogen (secondary N) is 1. The molecule has 1 heterocycles. The van der Waals surface area contributed by atoms with Crippen LogP contribution in [-0.2, 0) is 0 Å². The van der Waals surface area contributed by atoms with Gasteiger partial charge in [-0.05, 0) is 22.0 Å². The first-order valence-corrected chi connectivity index (χ1v) is 4.69. The third-order valence-corrected chi connectivity index (χ3v) is 2.10. The lowest BCUT2D eigenvalue weighted by Gasteiger charge is -2.12. The van der Waals surface area contributed by atoms with Crippen LogP contribution in [-0.4, -0.2) is 30.0 Å². The van der Waals surface area contributed by atoms with E-state index in [1.807, 2.05) is 0 Å². The highest BCUT2D eigenvalue weighted by molar-refractivity contribution is 9.10. The monoisotopic (exact) mass is 258 g/mol. The Morgan fingerprint density at radius 2 is 2.29 bits per heavy atom. The number of nitrogens with zero attached hydrogens (tertiary/aromatic N) is 2. The van der Waals surface area contributed by atoms with E-state index < -0.39 is 0 Å². The molecule has 0 saturated heterocycles. The van der Waals surface area contributed by atoms with Crippen molar-refractivity contribution in [2.75, 3.05) is 25.1 Å². The van der Waals surface area contributed by atoms with Gasteiger partial charge >= 0.3 is 6.03 Å². The Balaban J connectivity index is 2.82. The zero-order valence-electron chi connectivity index (χ0n) is 7.91. The topological polar surface area (TPSA) is 71.2 Å². The number of urea groups is 1. The SMILES string of the molecule is CN(C)C(=O)Nc1ncc(N)cc1Br. The first-order chi connectivity index (χ1) is 6.50. The van der Waals surface area contributed by atoms with E-state index >= 15 is 0 Å². The van der Waals surface area contributed by atoms with E-state index in [-0.39, 0.29) is 6.03 Å². The van der Waals surface area contributed by atoms with Gasteiger partial charge in [-0.2, -0.15) is 0 Å². The zero-order valence-corrected chi connectivity index (χ0v) is 9.50. The van der Waals surface area contributed by atoms with Gasteiger partial charge in [0.2, 0.25) is 0 Å². The largest absolute Gasteiger partial charge is 0.397 e. The fourth-order valence-corrected chi connectivity index (χ4v) is 1.22. The van der Waals surface area contributed by atoms with Crippen LogP contribution >= 0.6 is 15.9 Å². The van der Waals surface area contributed by atoms with Crippen molar-refractivity contribution in [1.82, 2.24) is 9.88 Å². The molecule has 0 spiro atoms. The molecule has 3 N–H and O–H groups in total. The second-order valence-electron chi connectivity index (χ2n) is 2.92. The van der Waals surface area contributed by atoms with E-state index in [9.17, 15) is 4.79 Å². The molecule has 6 heteroatoms. The minimum absolute atomic E-state index is 0.233. The van der Waals surface area contributed by atoms with Gasteiger partial charge in [-0.25, -0.2) is 9.78 Å². The maximum Gasteiger partial charge on any atom is 0.322 e. The van der Waals surface area contributed by atoms with Crippen LogP contribution in [0.2, 0.25) is 0 Å². The maximum absolute atomic E-state index is 11.3. The van der Waals surface area contributed by atoms with Crippen LogP contribution in [0.4, 0.5) is 16.3 Å². The third kappa shape index (κ3) is 2.59. The van der Waals surface area contributed by atoms with Crippen LogP contribution in [0.25, 0.3) is 0 Å². The Hall–Kier alpha value is -1.30. The fourth-order valence-electron chi connectivity index (χ4n) is 0.758. The molecule has 0 aliphatic rings. The number of hydrogen-bond acceptors (Lipinski definition) is 3. The van der Waals surface area contributed by atoms with E-state index in [4.69, 9.17) is 5.73 Å². The molecule has 1 aromatic heterocycles. The Morgan fingerprint density at radius 1 is 1.64 bits per heavy atom. The highest BCUT2D eigenvalue weighted by atomic mass is 79.9. The van der Waals surface area contributed by atoms with Crippen molar-refractivity contribution >= 4 is 33.5 Å². The fraction of sp³-hybridized carbons (Fsp3) is 0.250. The Bertz CT molecular complexity index is 353. The lowest BCUT2D eigenvalue weighted by atomic mass is 10.4. The number of aromatic nitrogens is 1. The number of anilines is 2. The highest BCUT2D eigenvalue weighted by Gasteiger charge is 2.07. The van der Waals surface area contributed by atoms with E-state index in [0.29, 0.717) is 16.0 Å². The molecule has 0 atom stereocenters. The molecule has 0 unspecified atom stereocenters. The number of hydrogen-bond donors (Lipinski definition) is 2. The van der Waals surface area contributed by atoms with Gasteiger partial charge in [0.1, 0.15) is 5.82 Å². The molecule has 0 aliphatic carbocycles. The molecule has 0 aliphatic heterocycles. The third-order valence-electron chi connectivity index (χ3n) is 1.49. The minimum atomic E-state index is -0.233. The molecule has 0 saturated carbocycles. The van der Waals surface area contributed by atoms with Crippen molar-refractivity contribution in [2.24, 2.45) is 0 Å². The number of carbonyl (C=O) groups is 1. The summed E-state index contributed by atoms with van der Waals surface area (Å²) in [6, 6.07) is 1.45. The molecule has 0 bridgehead atoms. The Labute approximate surface area is 90.4 Å². The molecular formula is C8H11BrN4O. The van der Waals surface area contributed by atoms with Crippen LogP contribution in [0.3, 0.4) is 0 Å². The van der Waals surface area contributed by atoms with Crippen molar-refractivity contribution in [3.63, 3.8) is 0 Å². The second kappa shape index (κ2) is 4.28. The molecule has 1 rings (SSSR count). The summed E-state index contributed by atoms with van der Waals surface area (Å²) < 4.78 is 0.660. The molecule has 5 nitrogen and oxygen atoms in total. The average molecular weight is 259 g/mol. The Kier molecular flexibility index (Phi) is 3.29. The van der Waals surface area contributed by atoms with E-state index in [0.717, 1.165) is 0 Å².